The topological polar surface area (TPSA) is 66.9 Å². The van der Waals surface area contributed by atoms with Crippen LogP contribution in [0.1, 0.15) is 43.6 Å². The van der Waals surface area contributed by atoms with Gasteiger partial charge in [0.15, 0.2) is 5.69 Å². The van der Waals surface area contributed by atoms with Crippen LogP contribution in [-0.4, -0.2) is 29.2 Å². The first-order valence-corrected chi connectivity index (χ1v) is 6.98. The molecule has 1 aliphatic carbocycles. The van der Waals surface area contributed by atoms with Gasteiger partial charge in [0.05, 0.1) is 0 Å². The van der Waals surface area contributed by atoms with Gasteiger partial charge in [-0.2, -0.15) is 0 Å². The molecule has 1 amide bonds. The van der Waals surface area contributed by atoms with Crippen molar-refractivity contribution in [1.29, 1.82) is 0 Å². The van der Waals surface area contributed by atoms with E-state index in [0.717, 1.165) is 12.3 Å². The summed E-state index contributed by atoms with van der Waals surface area (Å²) in [6, 6.07) is 3.73. The number of nitrogens with zero attached hydrogens (tertiary/aromatic N) is 2. The second-order valence-corrected chi connectivity index (χ2v) is 5.24. The number of carbonyl (C=O) groups excluding carboxylic acids is 1. The Morgan fingerprint density at radius 2 is 2.16 bits per heavy atom. The number of carbonyl (C=O) groups is 1. The Bertz CT molecular complexity index is 432. The molecular formula is C14H22N4O. The molecule has 1 aromatic heterocycles. The quantitative estimate of drug-likeness (QED) is 0.871. The molecule has 0 spiro atoms. The summed E-state index contributed by atoms with van der Waals surface area (Å²) in [7, 11) is 1.77. The highest BCUT2D eigenvalue weighted by Crippen LogP contribution is 2.33. The molecule has 1 heterocycles. The molecule has 1 aliphatic rings. The van der Waals surface area contributed by atoms with E-state index in [1.54, 1.807) is 19.2 Å². The second-order valence-electron chi connectivity index (χ2n) is 5.24. The zero-order valence-electron chi connectivity index (χ0n) is 11.8. The monoisotopic (exact) mass is 262 g/mol. The van der Waals surface area contributed by atoms with Crippen molar-refractivity contribution in [3.63, 3.8) is 0 Å². The Balaban J connectivity index is 1.97. The largest absolute Gasteiger partial charge is 0.372 e. The molecule has 5 heteroatoms. The van der Waals surface area contributed by atoms with Gasteiger partial charge in [-0.3, -0.25) is 4.79 Å². The van der Waals surface area contributed by atoms with Crippen molar-refractivity contribution in [3.8, 4) is 0 Å². The first-order valence-electron chi connectivity index (χ1n) is 6.98. The van der Waals surface area contributed by atoms with E-state index in [4.69, 9.17) is 0 Å². The van der Waals surface area contributed by atoms with Crippen LogP contribution in [-0.2, 0) is 0 Å². The number of hydrogen-bond acceptors (Lipinski definition) is 4. The van der Waals surface area contributed by atoms with Crippen LogP contribution < -0.4 is 10.6 Å². The number of hydrogen-bond donors (Lipinski definition) is 2. The van der Waals surface area contributed by atoms with Gasteiger partial charge < -0.3 is 10.6 Å². The zero-order valence-corrected chi connectivity index (χ0v) is 11.8. The summed E-state index contributed by atoms with van der Waals surface area (Å²) in [5.41, 5.74) is 0.381. The summed E-state index contributed by atoms with van der Waals surface area (Å²) in [6.45, 7) is 4.44. The third-order valence-corrected chi connectivity index (χ3v) is 4.22. The fourth-order valence-corrected chi connectivity index (χ4v) is 2.86. The molecule has 1 fully saturated rings. The molecule has 104 valence electrons. The van der Waals surface area contributed by atoms with Crippen LogP contribution in [0.2, 0.25) is 0 Å². The second kappa shape index (κ2) is 5.99. The van der Waals surface area contributed by atoms with Gasteiger partial charge in [0.2, 0.25) is 0 Å². The van der Waals surface area contributed by atoms with Gasteiger partial charge >= 0.3 is 0 Å². The predicted octanol–water partition coefficient (Wildman–Crippen LogP) is 2.07. The van der Waals surface area contributed by atoms with Crippen LogP contribution in [0.3, 0.4) is 0 Å². The van der Waals surface area contributed by atoms with E-state index in [9.17, 15) is 4.79 Å². The molecule has 3 atom stereocenters. The lowest BCUT2D eigenvalue weighted by atomic mass is 9.93. The van der Waals surface area contributed by atoms with E-state index >= 15 is 0 Å². The van der Waals surface area contributed by atoms with Crippen LogP contribution >= 0.6 is 0 Å². The van der Waals surface area contributed by atoms with E-state index in [-0.39, 0.29) is 11.9 Å². The summed E-state index contributed by atoms with van der Waals surface area (Å²) < 4.78 is 0. The van der Waals surface area contributed by atoms with Crippen molar-refractivity contribution in [1.82, 2.24) is 15.5 Å². The van der Waals surface area contributed by atoms with Gasteiger partial charge in [-0.05, 0) is 36.8 Å². The fourth-order valence-electron chi connectivity index (χ4n) is 2.86. The maximum absolute atomic E-state index is 12.1. The smallest absolute Gasteiger partial charge is 0.272 e. The van der Waals surface area contributed by atoms with E-state index in [2.05, 4.69) is 34.7 Å². The summed E-state index contributed by atoms with van der Waals surface area (Å²) >= 11 is 0. The average Bonchev–Trinajstić information content (AvgIpc) is 2.79. The van der Waals surface area contributed by atoms with Crippen LogP contribution in [0.4, 0.5) is 5.82 Å². The molecule has 0 saturated heterocycles. The first kappa shape index (κ1) is 13.8. The lowest BCUT2D eigenvalue weighted by molar-refractivity contribution is 0.0920. The maximum atomic E-state index is 12.1. The minimum absolute atomic E-state index is 0.122. The van der Waals surface area contributed by atoms with E-state index < -0.39 is 0 Å². The molecule has 0 aromatic carbocycles. The molecular weight excluding hydrogens is 240 g/mol. The summed E-state index contributed by atoms with van der Waals surface area (Å²) in [5, 5.41) is 13.8. The third kappa shape index (κ3) is 3.03. The van der Waals surface area contributed by atoms with Gasteiger partial charge in [0.25, 0.3) is 5.91 Å². The normalized spacial score (nSPS) is 26.2. The molecule has 0 aliphatic heterocycles. The molecule has 2 N–H and O–H groups in total. The Labute approximate surface area is 114 Å². The van der Waals surface area contributed by atoms with Crippen LogP contribution in [0.25, 0.3) is 0 Å². The molecule has 3 unspecified atom stereocenters. The lowest BCUT2D eigenvalue weighted by Gasteiger charge is -2.20. The minimum Gasteiger partial charge on any atom is -0.372 e. The Hall–Kier alpha value is -1.65. The summed E-state index contributed by atoms with van der Waals surface area (Å²) in [6.07, 6.45) is 3.45. The van der Waals surface area contributed by atoms with Crippen molar-refractivity contribution in [2.45, 2.75) is 39.2 Å². The lowest BCUT2D eigenvalue weighted by Crippen LogP contribution is -2.38. The Morgan fingerprint density at radius 1 is 1.37 bits per heavy atom. The molecule has 0 bridgehead atoms. The number of anilines is 1. The van der Waals surface area contributed by atoms with Crippen molar-refractivity contribution in [3.05, 3.63) is 17.8 Å². The van der Waals surface area contributed by atoms with Gasteiger partial charge in [0, 0.05) is 13.1 Å². The third-order valence-electron chi connectivity index (χ3n) is 4.22. The maximum Gasteiger partial charge on any atom is 0.272 e. The van der Waals surface area contributed by atoms with Crippen molar-refractivity contribution in [2.75, 3.05) is 12.4 Å². The van der Waals surface area contributed by atoms with Crippen molar-refractivity contribution < 1.29 is 4.79 Å². The summed E-state index contributed by atoms with van der Waals surface area (Å²) in [4.78, 5) is 12.1. The highest BCUT2D eigenvalue weighted by atomic mass is 16.2. The van der Waals surface area contributed by atoms with Crippen LogP contribution in [0, 0.1) is 11.8 Å². The van der Waals surface area contributed by atoms with E-state index in [0.29, 0.717) is 17.4 Å². The van der Waals surface area contributed by atoms with Crippen LogP contribution in [0.15, 0.2) is 12.1 Å². The van der Waals surface area contributed by atoms with Gasteiger partial charge in [-0.15, -0.1) is 10.2 Å². The van der Waals surface area contributed by atoms with E-state index in [1.807, 2.05) is 0 Å². The number of amides is 1. The zero-order chi connectivity index (χ0) is 13.8. The highest BCUT2D eigenvalue weighted by molar-refractivity contribution is 5.92. The fraction of sp³-hybridized carbons (Fsp3) is 0.643. The standard InChI is InChI=1S/C14H22N4O/c1-4-10-5-6-11(9(10)2)16-14(19)12-7-8-13(15-3)18-17-12/h7-11H,4-6H2,1-3H3,(H,15,18)(H,16,19). The van der Waals surface area contributed by atoms with Gasteiger partial charge in [-0.25, -0.2) is 0 Å². The number of nitrogens with one attached hydrogen (secondary N) is 2. The minimum atomic E-state index is -0.122. The van der Waals surface area contributed by atoms with Gasteiger partial charge in [0.1, 0.15) is 5.82 Å². The Kier molecular flexibility index (Phi) is 4.35. The molecule has 19 heavy (non-hydrogen) atoms. The molecule has 0 radical (unpaired) electrons. The Morgan fingerprint density at radius 3 is 2.68 bits per heavy atom. The number of aromatic nitrogens is 2. The number of rotatable bonds is 4. The average molecular weight is 262 g/mol. The van der Waals surface area contributed by atoms with Crippen molar-refractivity contribution in [2.24, 2.45) is 11.8 Å². The van der Waals surface area contributed by atoms with Gasteiger partial charge in [-0.1, -0.05) is 20.3 Å². The molecule has 2 rings (SSSR count). The van der Waals surface area contributed by atoms with Crippen LogP contribution in [0.5, 0.6) is 0 Å². The molecule has 1 aromatic rings. The SMILES string of the molecule is CCC1CCC(NC(=O)c2ccc(NC)nn2)C1C. The molecule has 5 nitrogen and oxygen atoms in total. The molecule has 1 saturated carbocycles. The first-order chi connectivity index (χ1) is 9.15. The highest BCUT2D eigenvalue weighted by Gasteiger charge is 2.32. The summed E-state index contributed by atoms with van der Waals surface area (Å²) in [5.74, 6) is 1.81. The van der Waals surface area contributed by atoms with Crippen molar-refractivity contribution >= 4 is 11.7 Å². The predicted molar refractivity (Wildman–Crippen MR) is 75.0 cm³/mol. The van der Waals surface area contributed by atoms with E-state index in [1.165, 1.54) is 12.8 Å².